The van der Waals surface area contributed by atoms with E-state index in [0.717, 1.165) is 18.4 Å². The van der Waals surface area contributed by atoms with Gasteiger partial charge < -0.3 is 15.4 Å². The van der Waals surface area contributed by atoms with E-state index >= 15 is 0 Å². The smallest absolute Gasteiger partial charge is 0.407 e. The third kappa shape index (κ3) is 5.82. The third-order valence-electron chi connectivity index (χ3n) is 3.86. The molecule has 1 aromatic carbocycles. The Bertz CT molecular complexity index is 536. The average Bonchev–Trinajstić information content (AvgIpc) is 2.36. The van der Waals surface area contributed by atoms with Crippen molar-refractivity contribution in [2.45, 2.75) is 70.7 Å². The first-order valence-electron chi connectivity index (χ1n) is 8.22. The molecule has 1 aliphatic rings. The van der Waals surface area contributed by atoms with Crippen molar-refractivity contribution >= 4 is 6.09 Å². The first-order valence-corrected chi connectivity index (χ1v) is 8.22. The highest BCUT2D eigenvalue weighted by Gasteiger charge is 2.32. The van der Waals surface area contributed by atoms with Crippen molar-refractivity contribution < 1.29 is 13.9 Å². The van der Waals surface area contributed by atoms with Crippen LogP contribution in [0, 0.1) is 5.82 Å². The number of ether oxygens (including phenoxy) is 1. The van der Waals surface area contributed by atoms with E-state index in [1.165, 1.54) is 6.07 Å². The summed E-state index contributed by atoms with van der Waals surface area (Å²) in [4.78, 5) is 11.7. The van der Waals surface area contributed by atoms with E-state index in [-0.39, 0.29) is 24.0 Å². The molecule has 4 nitrogen and oxygen atoms in total. The summed E-state index contributed by atoms with van der Waals surface area (Å²) in [6.45, 7) is 7.60. The molecular weight excluding hydrogens is 295 g/mol. The van der Waals surface area contributed by atoms with Gasteiger partial charge in [-0.1, -0.05) is 18.2 Å². The fourth-order valence-corrected chi connectivity index (χ4v) is 2.80. The molecule has 2 rings (SSSR count). The summed E-state index contributed by atoms with van der Waals surface area (Å²) in [5, 5.41) is 6.36. The summed E-state index contributed by atoms with van der Waals surface area (Å²) in [6.07, 6.45) is 2.05. The second-order valence-corrected chi connectivity index (χ2v) is 7.37. The van der Waals surface area contributed by atoms with Gasteiger partial charge in [0.15, 0.2) is 0 Å². The molecule has 0 bridgehead atoms. The number of carbonyl (C=O) groups is 1. The molecule has 1 saturated carbocycles. The first-order chi connectivity index (χ1) is 10.7. The summed E-state index contributed by atoms with van der Waals surface area (Å²) in [5.74, 6) is -0.153. The van der Waals surface area contributed by atoms with Crippen molar-refractivity contribution in [1.29, 1.82) is 0 Å². The number of benzene rings is 1. The molecule has 1 atom stereocenters. The Labute approximate surface area is 137 Å². The zero-order valence-corrected chi connectivity index (χ0v) is 14.4. The fraction of sp³-hybridized carbons (Fsp3) is 0.611. The molecule has 5 heteroatoms. The van der Waals surface area contributed by atoms with Gasteiger partial charge in [-0.2, -0.15) is 0 Å². The summed E-state index contributed by atoms with van der Waals surface area (Å²) in [5.41, 5.74) is 0.259. The summed E-state index contributed by atoms with van der Waals surface area (Å²) < 4.78 is 18.9. The van der Waals surface area contributed by atoms with Gasteiger partial charge in [0.2, 0.25) is 0 Å². The van der Waals surface area contributed by atoms with Crippen molar-refractivity contribution in [2.24, 2.45) is 0 Å². The molecular formula is C18H27FN2O2. The first kappa shape index (κ1) is 17.7. The van der Waals surface area contributed by atoms with Gasteiger partial charge in [-0.3, -0.25) is 0 Å². The molecule has 0 saturated heterocycles. The van der Waals surface area contributed by atoms with E-state index in [0.29, 0.717) is 12.5 Å². The van der Waals surface area contributed by atoms with Crippen molar-refractivity contribution in [2.75, 3.05) is 0 Å². The van der Waals surface area contributed by atoms with Crippen LogP contribution in [-0.2, 0) is 11.2 Å². The van der Waals surface area contributed by atoms with Gasteiger partial charge in [-0.25, -0.2) is 9.18 Å². The highest BCUT2D eigenvalue weighted by Crippen LogP contribution is 2.22. The topological polar surface area (TPSA) is 50.4 Å². The van der Waals surface area contributed by atoms with Crippen molar-refractivity contribution in [3.8, 4) is 0 Å². The number of halogens is 1. The van der Waals surface area contributed by atoms with Gasteiger partial charge >= 0.3 is 6.09 Å². The number of nitrogens with one attached hydrogen (secondary N) is 2. The van der Waals surface area contributed by atoms with E-state index in [1.54, 1.807) is 6.07 Å². The van der Waals surface area contributed by atoms with Crippen LogP contribution in [0.1, 0.15) is 46.1 Å². The molecule has 2 N–H and O–H groups in total. The number of hydrogen-bond acceptors (Lipinski definition) is 3. The minimum atomic E-state index is -0.472. The van der Waals surface area contributed by atoms with Gasteiger partial charge in [-0.05, 0) is 58.6 Å². The number of rotatable bonds is 5. The Balaban J connectivity index is 1.68. The predicted octanol–water partition coefficient (Wildman–Crippen LogP) is 3.40. The highest BCUT2D eigenvalue weighted by atomic mass is 19.1. The Kier molecular flexibility index (Phi) is 5.63. The van der Waals surface area contributed by atoms with Gasteiger partial charge in [-0.15, -0.1) is 0 Å². The largest absolute Gasteiger partial charge is 0.444 e. The predicted molar refractivity (Wildman–Crippen MR) is 88.9 cm³/mol. The molecule has 1 fully saturated rings. The lowest BCUT2D eigenvalue weighted by atomic mass is 9.86. The minimum Gasteiger partial charge on any atom is -0.444 e. The van der Waals surface area contributed by atoms with Crippen LogP contribution in [0.15, 0.2) is 24.3 Å². The standard InChI is InChI=1S/C18H27FN2O2/c1-12(9-13-7-5-6-8-16(13)19)20-14-10-15(11-14)21-17(22)23-18(2,3)4/h5-8,12,14-15,20H,9-11H2,1-4H3,(H,21,22). The lowest BCUT2D eigenvalue weighted by Gasteiger charge is -2.38. The SMILES string of the molecule is CC(Cc1ccccc1F)NC1CC(NC(=O)OC(C)(C)C)C1. The Morgan fingerprint density at radius 1 is 1.30 bits per heavy atom. The monoisotopic (exact) mass is 322 g/mol. The van der Waals surface area contributed by atoms with E-state index in [4.69, 9.17) is 4.74 Å². The molecule has 0 aliphatic heterocycles. The maximum absolute atomic E-state index is 13.6. The Hall–Kier alpha value is -1.62. The molecule has 0 heterocycles. The zero-order valence-electron chi connectivity index (χ0n) is 14.4. The van der Waals surface area contributed by atoms with Crippen LogP contribution in [0.3, 0.4) is 0 Å². The Morgan fingerprint density at radius 2 is 1.96 bits per heavy atom. The van der Waals surface area contributed by atoms with Crippen LogP contribution in [0.5, 0.6) is 0 Å². The highest BCUT2D eigenvalue weighted by molar-refractivity contribution is 5.68. The number of carbonyl (C=O) groups excluding carboxylic acids is 1. The van der Waals surface area contributed by atoms with Gasteiger partial charge in [0.05, 0.1) is 0 Å². The molecule has 1 amide bonds. The second-order valence-electron chi connectivity index (χ2n) is 7.37. The van der Waals surface area contributed by atoms with Gasteiger partial charge in [0, 0.05) is 18.1 Å². The Morgan fingerprint density at radius 3 is 2.57 bits per heavy atom. The molecule has 128 valence electrons. The van der Waals surface area contributed by atoms with Crippen molar-refractivity contribution in [1.82, 2.24) is 10.6 Å². The summed E-state index contributed by atoms with van der Waals surface area (Å²) in [6, 6.07) is 7.58. The van der Waals surface area contributed by atoms with Crippen LogP contribution in [0.4, 0.5) is 9.18 Å². The molecule has 23 heavy (non-hydrogen) atoms. The van der Waals surface area contributed by atoms with Crippen LogP contribution < -0.4 is 10.6 Å². The zero-order chi connectivity index (χ0) is 17.0. The van der Waals surface area contributed by atoms with E-state index in [2.05, 4.69) is 17.6 Å². The molecule has 1 unspecified atom stereocenters. The van der Waals surface area contributed by atoms with Crippen LogP contribution in [0.25, 0.3) is 0 Å². The quantitative estimate of drug-likeness (QED) is 0.873. The lowest BCUT2D eigenvalue weighted by molar-refractivity contribution is 0.0463. The van der Waals surface area contributed by atoms with Crippen LogP contribution in [0.2, 0.25) is 0 Å². The maximum Gasteiger partial charge on any atom is 0.407 e. The normalized spacial score (nSPS) is 22.1. The van der Waals surface area contributed by atoms with Crippen LogP contribution >= 0.6 is 0 Å². The van der Waals surface area contributed by atoms with Gasteiger partial charge in [0.1, 0.15) is 11.4 Å². The molecule has 1 aliphatic carbocycles. The minimum absolute atomic E-state index is 0.153. The maximum atomic E-state index is 13.6. The summed E-state index contributed by atoms with van der Waals surface area (Å²) in [7, 11) is 0. The number of amides is 1. The van der Waals surface area contributed by atoms with E-state index in [1.807, 2.05) is 32.9 Å². The van der Waals surface area contributed by atoms with Crippen LogP contribution in [-0.4, -0.2) is 29.8 Å². The van der Waals surface area contributed by atoms with E-state index < -0.39 is 5.60 Å². The van der Waals surface area contributed by atoms with E-state index in [9.17, 15) is 9.18 Å². The number of alkyl carbamates (subject to hydrolysis) is 1. The molecule has 0 spiro atoms. The molecule has 1 aromatic rings. The summed E-state index contributed by atoms with van der Waals surface area (Å²) >= 11 is 0. The third-order valence-corrected chi connectivity index (χ3v) is 3.86. The molecule has 0 radical (unpaired) electrons. The number of hydrogen-bond donors (Lipinski definition) is 2. The average molecular weight is 322 g/mol. The lowest BCUT2D eigenvalue weighted by Crippen LogP contribution is -2.55. The molecule has 0 aromatic heterocycles. The van der Waals surface area contributed by atoms with Crippen molar-refractivity contribution in [3.05, 3.63) is 35.6 Å². The second kappa shape index (κ2) is 7.30. The van der Waals surface area contributed by atoms with Gasteiger partial charge in [0.25, 0.3) is 0 Å². The van der Waals surface area contributed by atoms with Crippen molar-refractivity contribution in [3.63, 3.8) is 0 Å². The fourth-order valence-electron chi connectivity index (χ4n) is 2.80.